The molecule has 0 bridgehead atoms. The molecule has 2 heterocycles. The molecule has 0 saturated carbocycles. The predicted molar refractivity (Wildman–Crippen MR) is 112 cm³/mol. The molecule has 0 aromatic heterocycles. The molecule has 0 spiro atoms. The fourth-order valence-corrected chi connectivity index (χ4v) is 5.11. The standard InChI is InChI=1S/C22H34O7S/c1-6-21(7-2)25-14-18(27-21)20(19-15-26-22(8-3,9-4)28-19)29-30(23,24)17-12-10-16(5)11-13-17/h10-13,18-20H,6-9,14-15H2,1-5H3/t18-,19-/m0/s1. The van der Waals surface area contributed by atoms with Crippen molar-refractivity contribution in [3.05, 3.63) is 29.8 Å². The van der Waals surface area contributed by atoms with E-state index in [1.54, 1.807) is 24.3 Å². The van der Waals surface area contributed by atoms with Crippen LogP contribution in [0.2, 0.25) is 0 Å². The second kappa shape index (κ2) is 9.22. The van der Waals surface area contributed by atoms with Crippen LogP contribution in [-0.4, -0.2) is 51.5 Å². The molecule has 2 saturated heterocycles. The molecule has 3 rings (SSSR count). The normalized spacial score (nSPS) is 25.8. The summed E-state index contributed by atoms with van der Waals surface area (Å²) in [6.07, 6.45) is 0.601. The number of hydrogen-bond acceptors (Lipinski definition) is 7. The number of aryl methyl sites for hydroxylation is 1. The fraction of sp³-hybridized carbons (Fsp3) is 0.727. The Bertz CT molecular complexity index is 767. The zero-order chi connectivity index (χ0) is 22.0. The van der Waals surface area contributed by atoms with Crippen molar-refractivity contribution in [1.82, 2.24) is 0 Å². The Kier molecular flexibility index (Phi) is 7.26. The van der Waals surface area contributed by atoms with Gasteiger partial charge in [0.05, 0.1) is 18.1 Å². The van der Waals surface area contributed by atoms with Crippen LogP contribution in [0.1, 0.15) is 58.9 Å². The van der Waals surface area contributed by atoms with Crippen LogP contribution in [0.3, 0.4) is 0 Å². The maximum absolute atomic E-state index is 13.1. The van der Waals surface area contributed by atoms with Gasteiger partial charge in [0.25, 0.3) is 10.1 Å². The van der Waals surface area contributed by atoms with E-state index in [0.29, 0.717) is 25.7 Å². The Morgan fingerprint density at radius 3 is 1.70 bits per heavy atom. The molecule has 1 aromatic carbocycles. The summed E-state index contributed by atoms with van der Waals surface area (Å²) >= 11 is 0. The highest BCUT2D eigenvalue weighted by atomic mass is 32.2. The highest BCUT2D eigenvalue weighted by molar-refractivity contribution is 7.86. The first-order valence-electron chi connectivity index (χ1n) is 10.9. The fourth-order valence-electron chi connectivity index (χ4n) is 3.99. The van der Waals surface area contributed by atoms with Crippen LogP contribution in [0.25, 0.3) is 0 Å². The Morgan fingerprint density at radius 1 is 0.900 bits per heavy atom. The molecular formula is C22H34O7S. The van der Waals surface area contributed by atoms with Crippen molar-refractivity contribution < 1.29 is 31.5 Å². The van der Waals surface area contributed by atoms with Crippen molar-refractivity contribution in [2.24, 2.45) is 0 Å². The van der Waals surface area contributed by atoms with E-state index in [4.69, 9.17) is 23.1 Å². The minimum Gasteiger partial charge on any atom is -0.347 e. The van der Waals surface area contributed by atoms with Gasteiger partial charge in [0.1, 0.15) is 18.3 Å². The zero-order valence-corrected chi connectivity index (χ0v) is 19.4. The van der Waals surface area contributed by atoms with E-state index in [0.717, 1.165) is 5.56 Å². The van der Waals surface area contributed by atoms with Crippen LogP contribution in [0.15, 0.2) is 29.2 Å². The lowest BCUT2D eigenvalue weighted by Gasteiger charge is -2.31. The lowest BCUT2D eigenvalue weighted by molar-refractivity contribution is -0.201. The molecule has 0 N–H and O–H groups in total. The third-order valence-electron chi connectivity index (χ3n) is 6.19. The van der Waals surface area contributed by atoms with E-state index in [2.05, 4.69) is 0 Å². The van der Waals surface area contributed by atoms with Gasteiger partial charge in [-0.15, -0.1) is 0 Å². The van der Waals surface area contributed by atoms with Crippen LogP contribution in [0, 0.1) is 6.92 Å². The van der Waals surface area contributed by atoms with Gasteiger partial charge in [-0.05, 0) is 44.7 Å². The van der Waals surface area contributed by atoms with Crippen LogP contribution in [-0.2, 0) is 33.2 Å². The number of benzene rings is 1. The van der Waals surface area contributed by atoms with E-state index < -0.39 is 40.0 Å². The number of ether oxygens (including phenoxy) is 4. The molecule has 0 unspecified atom stereocenters. The predicted octanol–water partition coefficient (Wildman–Crippen LogP) is 3.93. The van der Waals surface area contributed by atoms with Crippen LogP contribution < -0.4 is 0 Å². The van der Waals surface area contributed by atoms with Crippen molar-refractivity contribution in [3.63, 3.8) is 0 Å². The molecule has 2 atom stereocenters. The third-order valence-corrected chi connectivity index (χ3v) is 7.51. The average molecular weight is 443 g/mol. The molecule has 7 nitrogen and oxygen atoms in total. The van der Waals surface area contributed by atoms with E-state index in [1.807, 2.05) is 34.6 Å². The monoisotopic (exact) mass is 442 g/mol. The lowest BCUT2D eigenvalue weighted by atomic mass is 10.1. The molecule has 2 aliphatic heterocycles. The maximum atomic E-state index is 13.1. The minimum absolute atomic E-state index is 0.102. The molecule has 1 aromatic rings. The molecular weight excluding hydrogens is 408 g/mol. The zero-order valence-electron chi connectivity index (χ0n) is 18.6. The Hall–Kier alpha value is -1.03. The highest BCUT2D eigenvalue weighted by Gasteiger charge is 2.51. The van der Waals surface area contributed by atoms with Crippen LogP contribution in [0.4, 0.5) is 0 Å². The topological polar surface area (TPSA) is 80.3 Å². The largest absolute Gasteiger partial charge is 0.347 e. The van der Waals surface area contributed by atoms with Gasteiger partial charge in [-0.1, -0.05) is 45.4 Å². The van der Waals surface area contributed by atoms with Gasteiger partial charge in [-0.2, -0.15) is 8.42 Å². The quantitative estimate of drug-likeness (QED) is 0.536. The van der Waals surface area contributed by atoms with Crippen molar-refractivity contribution in [3.8, 4) is 0 Å². The van der Waals surface area contributed by atoms with Crippen molar-refractivity contribution in [2.45, 2.75) is 95.1 Å². The first kappa shape index (κ1) is 23.6. The summed E-state index contributed by atoms with van der Waals surface area (Å²) in [4.78, 5) is 0.102. The molecule has 8 heteroatoms. The minimum atomic E-state index is -4.02. The van der Waals surface area contributed by atoms with Crippen LogP contribution >= 0.6 is 0 Å². The Morgan fingerprint density at radius 2 is 1.33 bits per heavy atom. The average Bonchev–Trinajstić information content (AvgIpc) is 3.38. The van der Waals surface area contributed by atoms with Gasteiger partial charge in [0.2, 0.25) is 0 Å². The van der Waals surface area contributed by atoms with Crippen LogP contribution in [0.5, 0.6) is 0 Å². The first-order chi connectivity index (χ1) is 14.2. The highest BCUT2D eigenvalue weighted by Crippen LogP contribution is 2.38. The van der Waals surface area contributed by atoms with Gasteiger partial charge in [0, 0.05) is 0 Å². The summed E-state index contributed by atoms with van der Waals surface area (Å²) in [5.74, 6) is -1.46. The third kappa shape index (κ3) is 4.74. The van der Waals surface area contributed by atoms with Gasteiger partial charge < -0.3 is 18.9 Å². The Labute approximate surface area is 180 Å². The van der Waals surface area contributed by atoms with E-state index in [-0.39, 0.29) is 18.1 Å². The SMILES string of the molecule is CCC1(CC)OC[C@@H](C(OS(=O)(=O)c2ccc(C)cc2)[C@@H]2COC(CC)(CC)O2)O1. The summed E-state index contributed by atoms with van der Waals surface area (Å²) in [5.41, 5.74) is 0.969. The van der Waals surface area contributed by atoms with Gasteiger partial charge in [-0.25, -0.2) is 0 Å². The smallest absolute Gasteiger partial charge is 0.297 e. The second-order valence-corrected chi connectivity index (χ2v) is 9.57. The van der Waals surface area contributed by atoms with Crippen molar-refractivity contribution in [2.75, 3.05) is 13.2 Å². The summed E-state index contributed by atoms with van der Waals surface area (Å²) in [6.45, 7) is 10.3. The van der Waals surface area contributed by atoms with E-state index in [1.165, 1.54) is 0 Å². The molecule has 0 aliphatic carbocycles. The molecule has 2 fully saturated rings. The Balaban J connectivity index is 1.87. The molecule has 170 valence electrons. The summed E-state index contributed by atoms with van der Waals surface area (Å²) in [6, 6.07) is 6.58. The molecule has 2 aliphatic rings. The number of hydrogen-bond donors (Lipinski definition) is 0. The van der Waals surface area contributed by atoms with Crippen molar-refractivity contribution in [1.29, 1.82) is 0 Å². The van der Waals surface area contributed by atoms with Crippen molar-refractivity contribution >= 4 is 10.1 Å². The second-order valence-electron chi connectivity index (χ2n) is 8.00. The summed E-state index contributed by atoms with van der Waals surface area (Å²) in [5, 5.41) is 0. The van der Waals surface area contributed by atoms with Gasteiger partial charge >= 0.3 is 0 Å². The molecule has 30 heavy (non-hydrogen) atoms. The van der Waals surface area contributed by atoms with Gasteiger partial charge in [-0.3, -0.25) is 4.18 Å². The summed E-state index contributed by atoms with van der Waals surface area (Å²) in [7, 11) is -4.02. The van der Waals surface area contributed by atoms with E-state index >= 15 is 0 Å². The number of rotatable bonds is 9. The maximum Gasteiger partial charge on any atom is 0.297 e. The van der Waals surface area contributed by atoms with Gasteiger partial charge in [0.15, 0.2) is 11.6 Å². The van der Waals surface area contributed by atoms with E-state index in [9.17, 15) is 8.42 Å². The first-order valence-corrected chi connectivity index (χ1v) is 12.3. The molecule has 0 radical (unpaired) electrons. The summed E-state index contributed by atoms with van der Waals surface area (Å²) < 4.78 is 56.2. The molecule has 0 amide bonds. The lowest BCUT2D eigenvalue weighted by Crippen LogP contribution is -2.45.